The van der Waals surface area contributed by atoms with Gasteiger partial charge in [0.25, 0.3) is 0 Å². The molecule has 0 aliphatic heterocycles. The topological polar surface area (TPSA) is 84.5 Å². The van der Waals surface area contributed by atoms with Crippen molar-refractivity contribution in [2.75, 3.05) is 5.43 Å². The summed E-state index contributed by atoms with van der Waals surface area (Å²) < 4.78 is 22.3. The van der Waals surface area contributed by atoms with Gasteiger partial charge in [0.2, 0.25) is 10.0 Å². The number of anilines is 1. The third-order valence-electron chi connectivity index (χ3n) is 2.80. The molecular formula is C14H14ClN3O2S. The van der Waals surface area contributed by atoms with Gasteiger partial charge in [0, 0.05) is 5.02 Å². The van der Waals surface area contributed by atoms with Crippen LogP contribution in [0.2, 0.25) is 5.02 Å². The van der Waals surface area contributed by atoms with Crippen molar-refractivity contribution in [1.29, 1.82) is 0 Å². The molecular weight excluding hydrogens is 310 g/mol. The Morgan fingerprint density at radius 2 is 1.67 bits per heavy atom. The molecule has 0 amide bonds. The summed E-state index contributed by atoms with van der Waals surface area (Å²) in [6.07, 6.45) is 0. The maximum atomic E-state index is 11.1. The number of nitrogens with zero attached hydrogens (tertiary/aromatic N) is 1. The fourth-order valence-corrected chi connectivity index (χ4v) is 2.26. The maximum Gasteiger partial charge on any atom is 0.238 e. The van der Waals surface area contributed by atoms with E-state index in [-0.39, 0.29) is 4.90 Å². The summed E-state index contributed by atoms with van der Waals surface area (Å²) in [5, 5.41) is 9.92. The predicted molar refractivity (Wildman–Crippen MR) is 85.1 cm³/mol. The van der Waals surface area contributed by atoms with Crippen molar-refractivity contribution < 1.29 is 8.42 Å². The molecule has 0 unspecified atom stereocenters. The minimum atomic E-state index is -3.67. The summed E-state index contributed by atoms with van der Waals surface area (Å²) in [6.45, 7) is 1.86. The highest BCUT2D eigenvalue weighted by atomic mass is 35.5. The average Bonchev–Trinajstić information content (AvgIpc) is 2.45. The number of halogens is 1. The highest BCUT2D eigenvalue weighted by Crippen LogP contribution is 2.14. The SMILES string of the molecule is CC(=NNc1ccc(S(N)(=O)=O)cc1)c1ccc(Cl)cc1. The molecule has 0 bridgehead atoms. The summed E-state index contributed by atoms with van der Waals surface area (Å²) in [7, 11) is -3.67. The van der Waals surface area contributed by atoms with Gasteiger partial charge in [-0.15, -0.1) is 0 Å². The van der Waals surface area contributed by atoms with Crippen LogP contribution in [0.1, 0.15) is 12.5 Å². The largest absolute Gasteiger partial charge is 0.278 e. The van der Waals surface area contributed by atoms with E-state index in [4.69, 9.17) is 16.7 Å². The molecule has 0 aromatic heterocycles. The molecule has 5 nitrogen and oxygen atoms in total. The Kier molecular flexibility index (Phi) is 4.62. The van der Waals surface area contributed by atoms with Crippen molar-refractivity contribution in [3.63, 3.8) is 0 Å². The van der Waals surface area contributed by atoms with Gasteiger partial charge in [-0.3, -0.25) is 5.43 Å². The first kappa shape index (κ1) is 15.5. The molecule has 7 heteroatoms. The fourth-order valence-electron chi connectivity index (χ4n) is 1.62. The molecule has 0 atom stereocenters. The number of primary sulfonamides is 1. The smallest absolute Gasteiger partial charge is 0.238 e. The number of hydrogen-bond donors (Lipinski definition) is 2. The van der Waals surface area contributed by atoms with Crippen LogP contribution in [0.5, 0.6) is 0 Å². The number of sulfonamides is 1. The van der Waals surface area contributed by atoms with Crippen molar-refractivity contribution in [1.82, 2.24) is 0 Å². The second-order valence-electron chi connectivity index (χ2n) is 4.39. The van der Waals surface area contributed by atoms with Crippen LogP contribution in [0.25, 0.3) is 0 Å². The molecule has 0 heterocycles. The number of benzene rings is 2. The summed E-state index contributed by atoms with van der Waals surface area (Å²) in [4.78, 5) is 0.0615. The van der Waals surface area contributed by atoms with Crippen LogP contribution in [-0.4, -0.2) is 14.1 Å². The van der Waals surface area contributed by atoms with E-state index in [9.17, 15) is 8.42 Å². The number of nitrogens with one attached hydrogen (secondary N) is 1. The number of rotatable bonds is 4. The Labute approximate surface area is 128 Å². The van der Waals surface area contributed by atoms with Crippen molar-refractivity contribution in [2.45, 2.75) is 11.8 Å². The Hall–Kier alpha value is -1.89. The Morgan fingerprint density at radius 3 is 2.19 bits per heavy atom. The standard InChI is InChI=1S/C14H14ClN3O2S/c1-10(11-2-4-12(15)5-3-11)17-18-13-6-8-14(9-7-13)21(16,19)20/h2-9,18H,1H3,(H2,16,19,20). The van der Waals surface area contributed by atoms with E-state index in [2.05, 4.69) is 10.5 Å². The first-order chi connectivity index (χ1) is 9.86. The summed E-state index contributed by atoms with van der Waals surface area (Å²) in [5.41, 5.74) is 5.24. The second kappa shape index (κ2) is 6.26. The Balaban J connectivity index is 2.11. The van der Waals surface area contributed by atoms with Crippen LogP contribution < -0.4 is 10.6 Å². The molecule has 0 spiro atoms. The maximum absolute atomic E-state index is 11.1. The Morgan fingerprint density at radius 1 is 1.10 bits per heavy atom. The molecule has 0 aliphatic carbocycles. The van der Waals surface area contributed by atoms with E-state index in [0.29, 0.717) is 10.7 Å². The van der Waals surface area contributed by atoms with Gasteiger partial charge in [-0.1, -0.05) is 23.7 Å². The van der Waals surface area contributed by atoms with E-state index in [1.807, 2.05) is 19.1 Å². The fraction of sp³-hybridized carbons (Fsp3) is 0.0714. The molecule has 3 N–H and O–H groups in total. The highest BCUT2D eigenvalue weighted by Gasteiger charge is 2.06. The van der Waals surface area contributed by atoms with E-state index >= 15 is 0 Å². The second-order valence-corrected chi connectivity index (χ2v) is 6.38. The van der Waals surface area contributed by atoms with Crippen molar-refractivity contribution in [3.8, 4) is 0 Å². The molecule has 21 heavy (non-hydrogen) atoms. The molecule has 110 valence electrons. The first-order valence-corrected chi connectivity index (χ1v) is 7.98. The number of nitrogens with two attached hydrogens (primary N) is 1. The van der Waals surface area contributed by atoms with E-state index < -0.39 is 10.0 Å². The zero-order valence-corrected chi connectivity index (χ0v) is 12.8. The van der Waals surface area contributed by atoms with Crippen LogP contribution in [0.4, 0.5) is 5.69 Å². The third kappa shape index (κ3) is 4.29. The molecule has 0 fully saturated rings. The van der Waals surface area contributed by atoms with Crippen LogP contribution in [0.3, 0.4) is 0 Å². The zero-order chi connectivity index (χ0) is 15.5. The molecule has 0 radical (unpaired) electrons. The van der Waals surface area contributed by atoms with E-state index in [0.717, 1.165) is 11.3 Å². The normalized spacial score (nSPS) is 12.2. The van der Waals surface area contributed by atoms with Crippen molar-refractivity contribution >= 4 is 33.0 Å². The molecule has 0 aliphatic rings. The summed E-state index contributed by atoms with van der Waals surface area (Å²) in [6, 6.07) is 13.3. The number of hydrogen-bond acceptors (Lipinski definition) is 4. The van der Waals surface area contributed by atoms with Gasteiger partial charge >= 0.3 is 0 Å². The third-order valence-corrected chi connectivity index (χ3v) is 3.98. The van der Waals surface area contributed by atoms with Crippen LogP contribution in [0, 0.1) is 0 Å². The number of hydrazone groups is 1. The minimum absolute atomic E-state index is 0.0615. The van der Waals surface area contributed by atoms with Crippen molar-refractivity contribution in [3.05, 3.63) is 59.1 Å². The lowest BCUT2D eigenvalue weighted by Crippen LogP contribution is -2.11. The molecule has 0 saturated carbocycles. The molecule has 2 aromatic carbocycles. The molecule has 2 aromatic rings. The minimum Gasteiger partial charge on any atom is -0.278 e. The van der Waals surface area contributed by atoms with Gasteiger partial charge in [-0.25, -0.2) is 13.6 Å². The molecule has 2 rings (SSSR count). The lowest BCUT2D eigenvalue weighted by molar-refractivity contribution is 0.598. The quantitative estimate of drug-likeness (QED) is 0.670. The lowest BCUT2D eigenvalue weighted by atomic mass is 10.1. The predicted octanol–water partition coefficient (Wildman–Crippen LogP) is 2.82. The van der Waals surface area contributed by atoms with Gasteiger partial charge in [0.05, 0.1) is 16.3 Å². The lowest BCUT2D eigenvalue weighted by Gasteiger charge is -2.05. The average molecular weight is 324 g/mol. The zero-order valence-electron chi connectivity index (χ0n) is 11.2. The van der Waals surface area contributed by atoms with Gasteiger partial charge in [-0.05, 0) is 48.9 Å². The van der Waals surface area contributed by atoms with Gasteiger partial charge < -0.3 is 0 Å². The molecule has 0 saturated heterocycles. The van der Waals surface area contributed by atoms with Crippen LogP contribution in [-0.2, 0) is 10.0 Å². The van der Waals surface area contributed by atoms with Gasteiger partial charge in [0.15, 0.2) is 0 Å². The van der Waals surface area contributed by atoms with Gasteiger partial charge in [-0.2, -0.15) is 5.10 Å². The van der Waals surface area contributed by atoms with Crippen molar-refractivity contribution in [2.24, 2.45) is 10.2 Å². The monoisotopic (exact) mass is 323 g/mol. The summed E-state index contributed by atoms with van der Waals surface area (Å²) >= 11 is 5.83. The van der Waals surface area contributed by atoms with Gasteiger partial charge in [0.1, 0.15) is 0 Å². The Bertz CT molecular complexity index is 754. The summed E-state index contributed by atoms with van der Waals surface area (Å²) in [5.74, 6) is 0. The first-order valence-electron chi connectivity index (χ1n) is 6.05. The van der Waals surface area contributed by atoms with Crippen LogP contribution in [0.15, 0.2) is 58.5 Å². The highest BCUT2D eigenvalue weighted by molar-refractivity contribution is 7.89. The van der Waals surface area contributed by atoms with Crippen LogP contribution >= 0.6 is 11.6 Å². The van der Waals surface area contributed by atoms with E-state index in [1.54, 1.807) is 24.3 Å². The van der Waals surface area contributed by atoms with E-state index in [1.165, 1.54) is 12.1 Å².